The van der Waals surface area contributed by atoms with Crippen LogP contribution in [-0.4, -0.2) is 74.2 Å². The number of likely N-dealkylation sites (tertiary alicyclic amines) is 1. The fourth-order valence-corrected chi connectivity index (χ4v) is 3.18. The summed E-state index contributed by atoms with van der Waals surface area (Å²) in [4.78, 5) is 16.6. The Balaban J connectivity index is 1.28. The van der Waals surface area contributed by atoms with Gasteiger partial charge in [-0.15, -0.1) is 0 Å². The predicted octanol–water partition coefficient (Wildman–Crippen LogP) is 0.699. The van der Waals surface area contributed by atoms with Crippen molar-refractivity contribution in [1.29, 1.82) is 0 Å². The Bertz CT molecular complexity index is 332. The Kier molecular flexibility index (Phi) is 5.49. The molecular weight excluding hydrogens is 266 g/mol. The summed E-state index contributed by atoms with van der Waals surface area (Å²) < 4.78 is 5.97. The standard InChI is InChI=1S/C16H29N3O2/c20-16(19-11-6-17-7-12-19)5-10-18-8-3-15(4-9-18)21-13-14-1-2-14/h14-15,17H,1-13H2. The molecule has 5 heteroatoms. The monoisotopic (exact) mass is 295 g/mol. The Morgan fingerprint density at radius 2 is 1.76 bits per heavy atom. The zero-order chi connectivity index (χ0) is 14.5. The second-order valence-electron chi connectivity index (χ2n) is 6.70. The van der Waals surface area contributed by atoms with Crippen molar-refractivity contribution in [2.75, 3.05) is 52.4 Å². The van der Waals surface area contributed by atoms with Gasteiger partial charge in [-0.1, -0.05) is 0 Å². The molecule has 1 aliphatic carbocycles. The summed E-state index contributed by atoms with van der Waals surface area (Å²) in [6, 6.07) is 0. The van der Waals surface area contributed by atoms with E-state index in [1.807, 2.05) is 4.90 Å². The summed E-state index contributed by atoms with van der Waals surface area (Å²) in [6.07, 6.45) is 6.14. The molecule has 3 aliphatic rings. The van der Waals surface area contributed by atoms with Crippen LogP contribution in [0.3, 0.4) is 0 Å². The third kappa shape index (κ3) is 4.94. The van der Waals surface area contributed by atoms with Gasteiger partial charge in [0.05, 0.1) is 6.10 Å². The molecule has 1 amide bonds. The fourth-order valence-electron chi connectivity index (χ4n) is 3.18. The van der Waals surface area contributed by atoms with Gasteiger partial charge in [-0.05, 0) is 31.6 Å². The van der Waals surface area contributed by atoms with Crippen LogP contribution in [0.4, 0.5) is 0 Å². The molecule has 0 aromatic carbocycles. The van der Waals surface area contributed by atoms with E-state index in [4.69, 9.17) is 4.74 Å². The molecule has 0 atom stereocenters. The maximum atomic E-state index is 12.1. The summed E-state index contributed by atoms with van der Waals surface area (Å²) in [6.45, 7) is 7.69. The quantitative estimate of drug-likeness (QED) is 0.783. The number of rotatable bonds is 6. The molecule has 0 radical (unpaired) electrons. The highest BCUT2D eigenvalue weighted by Gasteiger charge is 2.25. The van der Waals surface area contributed by atoms with E-state index in [0.29, 0.717) is 18.4 Å². The van der Waals surface area contributed by atoms with E-state index in [-0.39, 0.29) is 0 Å². The highest BCUT2D eigenvalue weighted by atomic mass is 16.5. The summed E-state index contributed by atoms with van der Waals surface area (Å²) in [5.41, 5.74) is 0. The van der Waals surface area contributed by atoms with E-state index in [0.717, 1.165) is 71.2 Å². The van der Waals surface area contributed by atoms with Crippen molar-refractivity contribution in [3.05, 3.63) is 0 Å². The number of hydrogen-bond acceptors (Lipinski definition) is 4. The average Bonchev–Trinajstić information content (AvgIpc) is 3.37. The number of piperazine rings is 1. The molecule has 1 N–H and O–H groups in total. The highest BCUT2D eigenvalue weighted by Crippen LogP contribution is 2.30. The topological polar surface area (TPSA) is 44.8 Å². The van der Waals surface area contributed by atoms with Crippen molar-refractivity contribution in [3.8, 4) is 0 Å². The SMILES string of the molecule is O=C(CCN1CCC(OCC2CC2)CC1)N1CCNCC1. The lowest BCUT2D eigenvalue weighted by Gasteiger charge is -2.33. The normalized spacial score (nSPS) is 25.2. The predicted molar refractivity (Wildman–Crippen MR) is 82.2 cm³/mol. The van der Waals surface area contributed by atoms with Crippen LogP contribution >= 0.6 is 0 Å². The molecule has 2 aliphatic heterocycles. The van der Waals surface area contributed by atoms with Crippen molar-refractivity contribution in [2.24, 2.45) is 5.92 Å². The molecule has 21 heavy (non-hydrogen) atoms. The van der Waals surface area contributed by atoms with Crippen molar-refractivity contribution < 1.29 is 9.53 Å². The first-order valence-electron chi connectivity index (χ1n) is 8.64. The second-order valence-corrected chi connectivity index (χ2v) is 6.70. The summed E-state index contributed by atoms with van der Waals surface area (Å²) in [7, 11) is 0. The van der Waals surface area contributed by atoms with E-state index in [1.54, 1.807) is 0 Å². The number of piperidine rings is 1. The lowest BCUT2D eigenvalue weighted by molar-refractivity contribution is -0.132. The van der Waals surface area contributed by atoms with E-state index in [9.17, 15) is 4.79 Å². The van der Waals surface area contributed by atoms with Gasteiger partial charge in [0, 0.05) is 58.8 Å². The van der Waals surface area contributed by atoms with Gasteiger partial charge in [0.25, 0.3) is 0 Å². The van der Waals surface area contributed by atoms with Gasteiger partial charge in [-0.3, -0.25) is 4.79 Å². The summed E-state index contributed by atoms with van der Waals surface area (Å²) in [5.74, 6) is 1.18. The molecule has 120 valence electrons. The maximum absolute atomic E-state index is 12.1. The Labute approximate surface area is 128 Å². The van der Waals surface area contributed by atoms with Crippen LogP contribution in [0.15, 0.2) is 0 Å². The van der Waals surface area contributed by atoms with E-state index in [2.05, 4.69) is 10.2 Å². The minimum atomic E-state index is 0.323. The maximum Gasteiger partial charge on any atom is 0.223 e. The Hall–Kier alpha value is -0.650. The van der Waals surface area contributed by atoms with E-state index < -0.39 is 0 Å². The smallest absolute Gasteiger partial charge is 0.223 e. The second kappa shape index (κ2) is 7.56. The van der Waals surface area contributed by atoms with Gasteiger partial charge >= 0.3 is 0 Å². The average molecular weight is 295 g/mol. The van der Waals surface area contributed by atoms with Crippen molar-refractivity contribution in [3.63, 3.8) is 0 Å². The third-order valence-electron chi connectivity index (χ3n) is 4.91. The molecule has 0 aromatic heterocycles. The number of amides is 1. The van der Waals surface area contributed by atoms with Crippen LogP contribution in [0, 0.1) is 5.92 Å². The van der Waals surface area contributed by atoms with Crippen molar-refractivity contribution in [1.82, 2.24) is 15.1 Å². The van der Waals surface area contributed by atoms with Gasteiger partial charge in [0.15, 0.2) is 0 Å². The zero-order valence-corrected chi connectivity index (χ0v) is 13.1. The minimum absolute atomic E-state index is 0.323. The molecular formula is C16H29N3O2. The molecule has 0 bridgehead atoms. The van der Waals surface area contributed by atoms with Crippen LogP contribution in [0.5, 0.6) is 0 Å². The number of nitrogens with zero attached hydrogens (tertiary/aromatic N) is 2. The molecule has 1 saturated carbocycles. The molecule has 3 fully saturated rings. The Morgan fingerprint density at radius 3 is 2.43 bits per heavy atom. The molecule has 0 aromatic rings. The molecule has 5 nitrogen and oxygen atoms in total. The third-order valence-corrected chi connectivity index (χ3v) is 4.91. The number of carbonyl (C=O) groups is 1. The molecule has 0 unspecified atom stereocenters. The first kappa shape index (κ1) is 15.3. The molecule has 3 rings (SSSR count). The number of carbonyl (C=O) groups excluding carboxylic acids is 1. The largest absolute Gasteiger partial charge is 0.378 e. The van der Waals surface area contributed by atoms with Gasteiger partial charge in [0.2, 0.25) is 5.91 Å². The number of nitrogens with one attached hydrogen (secondary N) is 1. The molecule has 2 saturated heterocycles. The minimum Gasteiger partial charge on any atom is -0.378 e. The van der Waals surface area contributed by atoms with Crippen LogP contribution in [0.2, 0.25) is 0 Å². The Morgan fingerprint density at radius 1 is 1.05 bits per heavy atom. The number of hydrogen-bond donors (Lipinski definition) is 1. The van der Waals surface area contributed by atoms with Crippen molar-refractivity contribution in [2.45, 2.75) is 38.2 Å². The number of ether oxygens (including phenoxy) is 1. The van der Waals surface area contributed by atoms with Crippen LogP contribution in [-0.2, 0) is 9.53 Å². The van der Waals surface area contributed by atoms with Gasteiger partial charge in [0.1, 0.15) is 0 Å². The molecule has 2 heterocycles. The fraction of sp³-hybridized carbons (Fsp3) is 0.938. The first-order valence-corrected chi connectivity index (χ1v) is 8.64. The van der Waals surface area contributed by atoms with Crippen LogP contribution in [0.25, 0.3) is 0 Å². The van der Waals surface area contributed by atoms with Crippen molar-refractivity contribution >= 4 is 5.91 Å². The first-order chi connectivity index (χ1) is 10.3. The zero-order valence-electron chi connectivity index (χ0n) is 13.1. The summed E-state index contributed by atoms with van der Waals surface area (Å²) >= 11 is 0. The van der Waals surface area contributed by atoms with Gasteiger partial charge < -0.3 is 19.9 Å². The van der Waals surface area contributed by atoms with E-state index >= 15 is 0 Å². The van der Waals surface area contributed by atoms with Gasteiger partial charge in [-0.25, -0.2) is 0 Å². The highest BCUT2D eigenvalue weighted by molar-refractivity contribution is 5.76. The van der Waals surface area contributed by atoms with E-state index in [1.165, 1.54) is 12.8 Å². The lowest BCUT2D eigenvalue weighted by Crippen LogP contribution is -2.47. The summed E-state index contributed by atoms with van der Waals surface area (Å²) in [5, 5.41) is 3.29. The van der Waals surface area contributed by atoms with Crippen LogP contribution < -0.4 is 5.32 Å². The lowest BCUT2D eigenvalue weighted by atomic mass is 10.1. The van der Waals surface area contributed by atoms with Gasteiger partial charge in [-0.2, -0.15) is 0 Å². The molecule has 0 spiro atoms. The van der Waals surface area contributed by atoms with Crippen LogP contribution in [0.1, 0.15) is 32.1 Å².